The second-order valence-corrected chi connectivity index (χ2v) is 7.02. The number of fused-ring (bicyclic) bond motifs is 1. The molecule has 0 radical (unpaired) electrons. The summed E-state index contributed by atoms with van der Waals surface area (Å²) in [5.41, 5.74) is 1.17. The van der Waals surface area contributed by atoms with Gasteiger partial charge in [0.1, 0.15) is 0 Å². The maximum Gasteiger partial charge on any atom is 0.390 e. The van der Waals surface area contributed by atoms with Gasteiger partial charge in [-0.3, -0.25) is 9.59 Å². The molecule has 1 aliphatic rings. The van der Waals surface area contributed by atoms with Gasteiger partial charge in [-0.2, -0.15) is 13.2 Å². The van der Waals surface area contributed by atoms with Crippen LogP contribution in [-0.2, 0) is 21.4 Å². The lowest BCUT2D eigenvalue weighted by Gasteiger charge is -2.28. The van der Waals surface area contributed by atoms with Crippen LogP contribution in [0.5, 0.6) is 0 Å². The predicted molar refractivity (Wildman–Crippen MR) is 100.0 cm³/mol. The Bertz CT molecular complexity index is 867. The second kappa shape index (κ2) is 7.66. The van der Waals surface area contributed by atoms with E-state index in [0.29, 0.717) is 12.1 Å². The van der Waals surface area contributed by atoms with E-state index >= 15 is 0 Å². The van der Waals surface area contributed by atoms with Crippen LogP contribution in [0.3, 0.4) is 0 Å². The first kappa shape index (κ1) is 19.9. The number of benzene rings is 2. The van der Waals surface area contributed by atoms with E-state index in [1.54, 1.807) is 13.1 Å². The third kappa shape index (κ3) is 4.03. The van der Waals surface area contributed by atoms with Crippen molar-refractivity contribution in [2.75, 3.05) is 18.5 Å². The standard InChI is InChI=1S/C21H21F3N2O2/c1-26-17-10-6-5-9-16(17)20(19(26)28,13-15-7-3-2-4-8-15)14-18(27)25-12-11-21(22,23)24/h2-10H,11-14H2,1H3,(H,25,27)/t20-/m1/s1. The Morgan fingerprint density at radius 1 is 1.07 bits per heavy atom. The molecule has 0 unspecified atom stereocenters. The first-order valence-corrected chi connectivity index (χ1v) is 8.98. The van der Waals surface area contributed by atoms with Gasteiger partial charge >= 0.3 is 6.18 Å². The summed E-state index contributed by atoms with van der Waals surface area (Å²) in [6, 6.07) is 16.5. The molecule has 28 heavy (non-hydrogen) atoms. The maximum atomic E-state index is 13.2. The van der Waals surface area contributed by atoms with Crippen LogP contribution in [-0.4, -0.2) is 31.6 Å². The van der Waals surface area contributed by atoms with Gasteiger partial charge in [0, 0.05) is 25.7 Å². The van der Waals surface area contributed by atoms with Crippen molar-refractivity contribution in [2.45, 2.75) is 30.9 Å². The van der Waals surface area contributed by atoms with Gasteiger partial charge in [-0.25, -0.2) is 0 Å². The molecule has 2 aromatic carbocycles. The number of para-hydroxylation sites is 1. The lowest BCUT2D eigenvalue weighted by molar-refractivity contribution is -0.137. The molecular weight excluding hydrogens is 369 g/mol. The average Bonchev–Trinajstić information content (AvgIpc) is 2.84. The molecule has 0 aliphatic carbocycles. The molecular formula is C21H21F3N2O2. The van der Waals surface area contributed by atoms with Crippen molar-refractivity contribution in [1.29, 1.82) is 0 Å². The van der Waals surface area contributed by atoms with Crippen molar-refractivity contribution in [3.05, 3.63) is 65.7 Å². The molecule has 3 rings (SSSR count). The fourth-order valence-electron chi connectivity index (χ4n) is 3.75. The van der Waals surface area contributed by atoms with Crippen LogP contribution in [0.2, 0.25) is 0 Å². The number of rotatable bonds is 6. The van der Waals surface area contributed by atoms with Crippen LogP contribution in [0.1, 0.15) is 24.0 Å². The van der Waals surface area contributed by atoms with Crippen molar-refractivity contribution < 1.29 is 22.8 Å². The first-order chi connectivity index (χ1) is 13.2. The molecule has 0 spiro atoms. The predicted octanol–water partition coefficient (Wildman–Crippen LogP) is 3.60. The Labute approximate surface area is 161 Å². The van der Waals surface area contributed by atoms with E-state index < -0.39 is 30.5 Å². The number of carbonyl (C=O) groups excluding carboxylic acids is 2. The van der Waals surface area contributed by atoms with E-state index in [0.717, 1.165) is 11.1 Å². The molecule has 0 bridgehead atoms. The molecule has 2 aromatic rings. The fourth-order valence-corrected chi connectivity index (χ4v) is 3.75. The molecule has 2 amide bonds. The van der Waals surface area contributed by atoms with Crippen LogP contribution in [0.15, 0.2) is 54.6 Å². The van der Waals surface area contributed by atoms with Crippen molar-refractivity contribution in [3.8, 4) is 0 Å². The number of halogens is 3. The van der Waals surface area contributed by atoms with Crippen LogP contribution in [0.4, 0.5) is 18.9 Å². The van der Waals surface area contributed by atoms with Crippen molar-refractivity contribution in [1.82, 2.24) is 5.32 Å². The van der Waals surface area contributed by atoms with E-state index in [2.05, 4.69) is 5.32 Å². The molecule has 1 heterocycles. The van der Waals surface area contributed by atoms with Crippen LogP contribution in [0.25, 0.3) is 0 Å². The highest BCUT2D eigenvalue weighted by molar-refractivity contribution is 6.09. The highest BCUT2D eigenvalue weighted by Gasteiger charge is 2.50. The second-order valence-electron chi connectivity index (χ2n) is 7.02. The number of hydrogen-bond acceptors (Lipinski definition) is 2. The molecule has 1 atom stereocenters. The van der Waals surface area contributed by atoms with Gasteiger partial charge in [0.25, 0.3) is 0 Å². The number of amides is 2. The minimum Gasteiger partial charge on any atom is -0.356 e. The van der Waals surface area contributed by atoms with E-state index in [9.17, 15) is 22.8 Å². The summed E-state index contributed by atoms with van der Waals surface area (Å²) >= 11 is 0. The summed E-state index contributed by atoms with van der Waals surface area (Å²) in [6.07, 6.45) is -5.36. The lowest BCUT2D eigenvalue weighted by Crippen LogP contribution is -2.44. The SMILES string of the molecule is CN1C(=O)[C@@](CC(=O)NCCC(F)(F)F)(Cc2ccccc2)c2ccccc21. The van der Waals surface area contributed by atoms with E-state index in [1.807, 2.05) is 48.5 Å². The molecule has 0 saturated carbocycles. The quantitative estimate of drug-likeness (QED) is 0.819. The van der Waals surface area contributed by atoms with Gasteiger partial charge in [-0.1, -0.05) is 48.5 Å². The Balaban J connectivity index is 1.90. The highest BCUT2D eigenvalue weighted by Crippen LogP contribution is 2.45. The van der Waals surface area contributed by atoms with Crippen molar-refractivity contribution in [2.24, 2.45) is 0 Å². The number of nitrogens with zero attached hydrogens (tertiary/aromatic N) is 1. The number of likely N-dealkylation sites (N-methyl/N-ethyl adjacent to an activating group) is 1. The number of nitrogens with one attached hydrogen (secondary N) is 1. The number of anilines is 1. The summed E-state index contributed by atoms with van der Waals surface area (Å²) in [5, 5.41) is 2.31. The maximum absolute atomic E-state index is 13.2. The normalized spacial score (nSPS) is 18.9. The summed E-state index contributed by atoms with van der Waals surface area (Å²) < 4.78 is 37.1. The number of carbonyl (C=O) groups is 2. The van der Waals surface area contributed by atoms with Gasteiger partial charge in [0.15, 0.2) is 0 Å². The fraction of sp³-hybridized carbons (Fsp3) is 0.333. The van der Waals surface area contributed by atoms with Crippen LogP contribution < -0.4 is 10.2 Å². The molecule has 1 aliphatic heterocycles. The highest BCUT2D eigenvalue weighted by atomic mass is 19.4. The first-order valence-electron chi connectivity index (χ1n) is 8.98. The molecule has 0 saturated heterocycles. The third-order valence-electron chi connectivity index (χ3n) is 5.04. The molecule has 148 valence electrons. The topological polar surface area (TPSA) is 49.4 Å². The Hall–Kier alpha value is -2.83. The van der Waals surface area contributed by atoms with Gasteiger partial charge in [-0.15, -0.1) is 0 Å². The Kier molecular flexibility index (Phi) is 5.45. The Morgan fingerprint density at radius 3 is 2.39 bits per heavy atom. The van der Waals surface area contributed by atoms with Gasteiger partial charge < -0.3 is 10.2 Å². The molecule has 0 aromatic heterocycles. The van der Waals surface area contributed by atoms with Crippen molar-refractivity contribution >= 4 is 17.5 Å². The van der Waals surface area contributed by atoms with Crippen molar-refractivity contribution in [3.63, 3.8) is 0 Å². The molecule has 1 N–H and O–H groups in total. The van der Waals surface area contributed by atoms with Crippen LogP contribution in [0, 0.1) is 0 Å². The third-order valence-corrected chi connectivity index (χ3v) is 5.04. The van der Waals surface area contributed by atoms with Gasteiger partial charge in [0.05, 0.1) is 11.8 Å². The number of hydrogen-bond donors (Lipinski definition) is 1. The zero-order valence-electron chi connectivity index (χ0n) is 15.4. The smallest absolute Gasteiger partial charge is 0.356 e. The number of alkyl halides is 3. The van der Waals surface area contributed by atoms with E-state index in [4.69, 9.17) is 0 Å². The average molecular weight is 390 g/mol. The molecule has 7 heteroatoms. The van der Waals surface area contributed by atoms with Gasteiger partial charge in [0.2, 0.25) is 11.8 Å². The summed E-state index contributed by atoms with van der Waals surface area (Å²) in [5.74, 6) is -0.804. The lowest BCUT2D eigenvalue weighted by atomic mass is 9.73. The minimum absolute atomic E-state index is 0.208. The van der Waals surface area contributed by atoms with E-state index in [1.165, 1.54) is 4.90 Å². The Morgan fingerprint density at radius 2 is 1.71 bits per heavy atom. The molecule has 4 nitrogen and oxygen atoms in total. The van der Waals surface area contributed by atoms with E-state index in [-0.39, 0.29) is 12.3 Å². The zero-order valence-corrected chi connectivity index (χ0v) is 15.4. The summed E-state index contributed by atoms with van der Waals surface area (Å²) in [6.45, 7) is -0.505. The largest absolute Gasteiger partial charge is 0.390 e. The minimum atomic E-state index is -4.34. The van der Waals surface area contributed by atoms with Gasteiger partial charge in [-0.05, 0) is 23.6 Å². The monoisotopic (exact) mass is 390 g/mol. The molecule has 0 fully saturated rings. The van der Waals surface area contributed by atoms with Crippen LogP contribution >= 0.6 is 0 Å². The summed E-state index contributed by atoms with van der Waals surface area (Å²) in [4.78, 5) is 27.2. The zero-order chi connectivity index (χ0) is 20.4. The summed E-state index contributed by atoms with van der Waals surface area (Å²) in [7, 11) is 1.65.